The zero-order valence-corrected chi connectivity index (χ0v) is 21.7. The van der Waals surface area contributed by atoms with Crippen molar-refractivity contribution in [2.75, 3.05) is 40.3 Å². The monoisotopic (exact) mass is 501 g/mol. The third kappa shape index (κ3) is 4.41. The standard InChI is InChI=1S/C27H33N8O2/c1-17-20-6-8-24-21-11-18(5-7-23(21)29-30-24)22-12-28-34(4)25(22)15-32(2)9-10-37-27(20)35(31-17)14-19-13-33(3)16-26(19)36/h5-8,11-12,14,19,26,36H,9-10,13,15-16H2,1-4H3,(H,29,30)/q+1/b8-6+,35-14+/t19?,26-/m0/s1. The summed E-state index contributed by atoms with van der Waals surface area (Å²) in [6.07, 6.45) is 7.58. The van der Waals surface area contributed by atoms with Crippen LogP contribution >= 0.6 is 0 Å². The molecule has 0 amide bonds. The molecule has 6 rings (SSSR count). The van der Waals surface area contributed by atoms with E-state index in [9.17, 15) is 5.11 Å². The van der Waals surface area contributed by atoms with Crippen molar-refractivity contribution < 1.29 is 14.5 Å². The number of likely N-dealkylation sites (N-methyl/N-ethyl adjacent to an activating group) is 2. The largest absolute Gasteiger partial charge is 0.441 e. The Bertz CT molecular complexity index is 1480. The van der Waals surface area contributed by atoms with Gasteiger partial charge in [0.05, 0.1) is 35.1 Å². The third-order valence-corrected chi connectivity index (χ3v) is 7.44. The molecular formula is C27H33N8O2+. The SMILES string of the molecule is CC1=N/[N+](=C/C2CN(C)C[C@@H]2O)C2=C1/C=C/c1[nH]nc3ccc(cc13)-c1cnn(C)c1CN(C)CCO2. The molecular weight excluding hydrogens is 468 g/mol. The maximum atomic E-state index is 10.5. The lowest BCUT2D eigenvalue weighted by Gasteiger charge is -2.18. The molecule has 5 heterocycles. The lowest BCUT2D eigenvalue weighted by atomic mass is 10.0. The average Bonchev–Trinajstić information content (AvgIpc) is 3.59. The Morgan fingerprint density at radius 3 is 2.84 bits per heavy atom. The zero-order chi connectivity index (χ0) is 25.7. The maximum Gasteiger partial charge on any atom is 0.408 e. The number of aromatic amines is 1. The second-order valence-corrected chi connectivity index (χ2v) is 10.3. The molecule has 192 valence electrons. The highest BCUT2D eigenvalue weighted by Gasteiger charge is 2.36. The van der Waals surface area contributed by atoms with Crippen LogP contribution in [-0.2, 0) is 18.3 Å². The summed E-state index contributed by atoms with van der Waals surface area (Å²) < 4.78 is 10.1. The van der Waals surface area contributed by atoms with Gasteiger partial charge in [-0.15, -0.1) is 0 Å². The molecule has 1 saturated heterocycles. The first-order chi connectivity index (χ1) is 17.9. The Morgan fingerprint density at radius 2 is 2.03 bits per heavy atom. The number of allylic oxidation sites excluding steroid dienone is 2. The van der Waals surface area contributed by atoms with Crippen molar-refractivity contribution in [2.45, 2.75) is 19.6 Å². The number of hydrazone groups is 1. The van der Waals surface area contributed by atoms with Crippen molar-refractivity contribution in [3.05, 3.63) is 53.3 Å². The molecule has 0 saturated carbocycles. The number of aliphatic hydroxyl groups is 1. The molecule has 0 aliphatic carbocycles. The first-order valence-electron chi connectivity index (χ1n) is 12.7. The summed E-state index contributed by atoms with van der Waals surface area (Å²) in [6.45, 7) is 5.39. The number of aromatic nitrogens is 4. The number of aliphatic hydroxyl groups excluding tert-OH is 1. The fourth-order valence-electron chi connectivity index (χ4n) is 5.33. The number of H-pyrrole nitrogens is 1. The molecule has 2 bridgehead atoms. The molecule has 3 aliphatic heterocycles. The number of rotatable bonds is 1. The van der Waals surface area contributed by atoms with Crippen LogP contribution in [0.1, 0.15) is 18.3 Å². The molecule has 10 heteroatoms. The minimum Gasteiger partial charge on any atom is -0.441 e. The Kier molecular flexibility index (Phi) is 6.02. The summed E-state index contributed by atoms with van der Waals surface area (Å²) in [5, 5.41) is 28.6. The highest BCUT2D eigenvalue weighted by atomic mass is 16.5. The van der Waals surface area contributed by atoms with E-state index in [2.05, 4.69) is 44.3 Å². The predicted molar refractivity (Wildman–Crippen MR) is 143 cm³/mol. The van der Waals surface area contributed by atoms with Crippen molar-refractivity contribution in [1.82, 2.24) is 29.8 Å². The molecule has 10 nitrogen and oxygen atoms in total. The van der Waals surface area contributed by atoms with Crippen LogP contribution in [0, 0.1) is 5.92 Å². The number of hydrogen-bond acceptors (Lipinski definition) is 7. The van der Waals surface area contributed by atoms with E-state index in [1.54, 1.807) is 0 Å². The van der Waals surface area contributed by atoms with Crippen LogP contribution in [0.15, 0.2) is 47.0 Å². The van der Waals surface area contributed by atoms with Gasteiger partial charge < -0.3 is 14.7 Å². The van der Waals surface area contributed by atoms with E-state index in [1.807, 2.05) is 61.0 Å². The Morgan fingerprint density at radius 1 is 1.16 bits per heavy atom. The van der Waals surface area contributed by atoms with E-state index in [0.717, 1.165) is 64.3 Å². The first kappa shape index (κ1) is 23.8. The highest BCUT2D eigenvalue weighted by Crippen LogP contribution is 2.30. The lowest BCUT2D eigenvalue weighted by molar-refractivity contribution is -0.509. The summed E-state index contributed by atoms with van der Waals surface area (Å²) >= 11 is 0. The van der Waals surface area contributed by atoms with Gasteiger partial charge in [0.25, 0.3) is 0 Å². The van der Waals surface area contributed by atoms with Gasteiger partial charge in [-0.3, -0.25) is 14.7 Å². The number of likely N-dealkylation sites (tertiary alicyclic amines) is 1. The van der Waals surface area contributed by atoms with Gasteiger partial charge >= 0.3 is 5.88 Å². The van der Waals surface area contributed by atoms with E-state index < -0.39 is 6.10 Å². The van der Waals surface area contributed by atoms with E-state index in [4.69, 9.17) is 9.84 Å². The number of β-amino-alcohol motifs (C(OH)–C–C–N with tert-alkyl or cyclic N) is 1. The number of benzene rings is 1. The van der Waals surface area contributed by atoms with Crippen molar-refractivity contribution in [3.63, 3.8) is 0 Å². The topological polar surface area (TPSA) is 97.8 Å². The number of nitrogens with one attached hydrogen (secondary N) is 1. The quantitative estimate of drug-likeness (QED) is 0.496. The summed E-state index contributed by atoms with van der Waals surface area (Å²) in [4.78, 5) is 4.37. The van der Waals surface area contributed by atoms with Crippen LogP contribution in [0.2, 0.25) is 0 Å². The summed E-state index contributed by atoms with van der Waals surface area (Å²) in [7, 11) is 6.10. The molecule has 0 radical (unpaired) electrons. The van der Waals surface area contributed by atoms with Crippen LogP contribution in [0.5, 0.6) is 0 Å². The van der Waals surface area contributed by atoms with Gasteiger partial charge in [0.2, 0.25) is 0 Å². The smallest absolute Gasteiger partial charge is 0.408 e. The number of nitrogens with zero attached hydrogens (tertiary/aromatic N) is 7. The van der Waals surface area contributed by atoms with E-state index in [-0.39, 0.29) is 5.92 Å². The van der Waals surface area contributed by atoms with Gasteiger partial charge in [0.15, 0.2) is 6.21 Å². The van der Waals surface area contributed by atoms with Gasteiger partial charge in [-0.05, 0) is 55.6 Å². The molecule has 1 fully saturated rings. The van der Waals surface area contributed by atoms with Gasteiger partial charge in [-0.25, -0.2) is 0 Å². The zero-order valence-electron chi connectivity index (χ0n) is 21.7. The molecule has 2 N–H and O–H groups in total. The number of fused-ring (bicyclic) bond motifs is 3. The van der Waals surface area contributed by atoms with Crippen LogP contribution < -0.4 is 0 Å². The second kappa shape index (κ2) is 9.37. The molecule has 3 aromatic rings. The minimum atomic E-state index is -0.423. The number of ether oxygens (including phenoxy) is 1. The molecule has 0 spiro atoms. The van der Waals surface area contributed by atoms with E-state index in [1.165, 1.54) is 0 Å². The molecule has 2 aromatic heterocycles. The Labute approximate surface area is 215 Å². The molecule has 1 aromatic carbocycles. The lowest BCUT2D eigenvalue weighted by Crippen LogP contribution is -2.26. The normalized spacial score (nSPS) is 25.2. The highest BCUT2D eigenvalue weighted by molar-refractivity contribution is 6.03. The molecule has 37 heavy (non-hydrogen) atoms. The van der Waals surface area contributed by atoms with E-state index in [0.29, 0.717) is 19.0 Å². The van der Waals surface area contributed by atoms with Crippen molar-refractivity contribution in [2.24, 2.45) is 18.1 Å². The predicted octanol–water partition coefficient (Wildman–Crippen LogP) is 2.05. The third-order valence-electron chi connectivity index (χ3n) is 7.44. The van der Waals surface area contributed by atoms with Gasteiger partial charge in [-0.1, -0.05) is 6.07 Å². The van der Waals surface area contributed by atoms with Crippen LogP contribution in [0.3, 0.4) is 0 Å². The van der Waals surface area contributed by atoms with Gasteiger partial charge in [0, 0.05) is 49.3 Å². The van der Waals surface area contributed by atoms with E-state index >= 15 is 0 Å². The summed E-state index contributed by atoms with van der Waals surface area (Å²) in [6, 6.07) is 6.33. The van der Waals surface area contributed by atoms with Crippen molar-refractivity contribution in [3.8, 4) is 11.1 Å². The molecule has 1 unspecified atom stereocenters. The minimum absolute atomic E-state index is 0.0153. The average molecular weight is 502 g/mol. The van der Waals surface area contributed by atoms with Gasteiger partial charge in [0.1, 0.15) is 17.9 Å². The van der Waals surface area contributed by atoms with Gasteiger partial charge in [-0.2, -0.15) is 10.2 Å². The number of hydrogen-bond donors (Lipinski definition) is 2. The van der Waals surface area contributed by atoms with Crippen LogP contribution in [0.4, 0.5) is 0 Å². The maximum absolute atomic E-state index is 10.5. The second-order valence-electron chi connectivity index (χ2n) is 10.3. The van der Waals surface area contributed by atoms with Crippen molar-refractivity contribution >= 4 is 28.9 Å². The fourth-order valence-corrected chi connectivity index (χ4v) is 5.33. The molecule has 2 atom stereocenters. The summed E-state index contributed by atoms with van der Waals surface area (Å²) in [5.41, 5.74) is 6.99. The Balaban J connectivity index is 1.44. The fraction of sp³-hybridized carbons (Fsp3) is 0.407. The Hall–Kier alpha value is -3.60. The summed E-state index contributed by atoms with van der Waals surface area (Å²) in [5.74, 6) is 0.669. The first-order valence-corrected chi connectivity index (χ1v) is 12.7. The molecule has 3 aliphatic rings. The number of aryl methyl sites for hydroxylation is 1. The van der Waals surface area contributed by atoms with Crippen LogP contribution in [-0.4, -0.2) is 97.9 Å². The van der Waals surface area contributed by atoms with Crippen molar-refractivity contribution in [1.29, 1.82) is 0 Å². The van der Waals surface area contributed by atoms with Crippen LogP contribution in [0.25, 0.3) is 28.1 Å².